The van der Waals surface area contributed by atoms with Gasteiger partial charge in [0.25, 0.3) is 5.91 Å². The number of benzene rings is 1. The lowest BCUT2D eigenvalue weighted by molar-refractivity contribution is -0.138. The van der Waals surface area contributed by atoms with Gasteiger partial charge in [-0.1, -0.05) is 25.3 Å². The van der Waals surface area contributed by atoms with Crippen molar-refractivity contribution in [1.29, 1.82) is 0 Å². The molecular weight excluding hydrogens is 406 g/mol. The fourth-order valence-corrected chi connectivity index (χ4v) is 5.48. The molecule has 1 aromatic rings. The van der Waals surface area contributed by atoms with Crippen molar-refractivity contribution in [3.05, 3.63) is 29.8 Å². The van der Waals surface area contributed by atoms with Crippen LogP contribution in [0.1, 0.15) is 61.7 Å². The molecule has 1 aliphatic carbocycles. The summed E-state index contributed by atoms with van der Waals surface area (Å²) in [6.45, 7) is 0.563. The van der Waals surface area contributed by atoms with Crippen molar-refractivity contribution >= 4 is 27.7 Å². The third-order valence-corrected chi connectivity index (χ3v) is 7.77. The molecule has 0 bridgehead atoms. The molecule has 0 atom stereocenters. The van der Waals surface area contributed by atoms with Crippen LogP contribution in [0.15, 0.2) is 29.2 Å². The zero-order chi connectivity index (χ0) is 21.7. The molecule has 0 unspecified atom stereocenters. The lowest BCUT2D eigenvalue weighted by Gasteiger charge is -2.30. The minimum absolute atomic E-state index is 0.00255. The molecule has 9 heteroatoms. The largest absolute Gasteiger partial charge is 0.352 e. The lowest BCUT2D eigenvalue weighted by atomic mass is 9.96. The molecule has 30 heavy (non-hydrogen) atoms. The molecule has 0 radical (unpaired) electrons. The first-order valence-corrected chi connectivity index (χ1v) is 11.9. The molecule has 1 saturated heterocycles. The summed E-state index contributed by atoms with van der Waals surface area (Å²) in [6.07, 6.45) is 5.87. The number of hydrogen-bond acceptors (Lipinski definition) is 5. The Morgan fingerprint density at radius 1 is 1.13 bits per heavy atom. The van der Waals surface area contributed by atoms with E-state index in [1.807, 2.05) is 0 Å². The summed E-state index contributed by atoms with van der Waals surface area (Å²) in [7, 11) is -2.06. The third-order valence-electron chi connectivity index (χ3n) is 5.86. The van der Waals surface area contributed by atoms with Gasteiger partial charge in [0.05, 0.1) is 4.90 Å². The average Bonchev–Trinajstić information content (AvgIpc) is 3.08. The van der Waals surface area contributed by atoms with Crippen LogP contribution in [0.25, 0.3) is 0 Å². The highest BCUT2D eigenvalue weighted by Crippen LogP contribution is 2.26. The van der Waals surface area contributed by atoms with E-state index in [1.165, 1.54) is 21.3 Å². The second kappa shape index (κ2) is 9.70. The molecule has 2 aliphatic rings. The fraction of sp³-hybridized carbons (Fsp3) is 0.571. The molecule has 0 aromatic heterocycles. The molecule has 3 amide bonds. The Labute approximate surface area is 177 Å². The molecule has 1 heterocycles. The second-order valence-corrected chi connectivity index (χ2v) is 9.89. The number of carbonyl (C=O) groups excluding carboxylic acids is 3. The molecule has 2 fully saturated rings. The van der Waals surface area contributed by atoms with Crippen molar-refractivity contribution in [1.82, 2.24) is 14.5 Å². The SMILES string of the molecule is CN(C1CCCCC1)S(=O)(=O)c1cccc(C(=O)NCCCN2C(=O)CCC2=O)c1. The molecule has 0 spiro atoms. The third kappa shape index (κ3) is 5.07. The van der Waals surface area contributed by atoms with Crippen LogP contribution in [-0.4, -0.2) is 61.5 Å². The van der Waals surface area contributed by atoms with Crippen LogP contribution < -0.4 is 5.32 Å². The number of rotatable bonds is 8. The van der Waals surface area contributed by atoms with E-state index in [-0.39, 0.29) is 60.2 Å². The Bertz CT molecular complexity index is 893. The predicted octanol–water partition coefficient (Wildman–Crippen LogP) is 1.91. The maximum Gasteiger partial charge on any atom is 0.251 e. The first kappa shape index (κ1) is 22.4. The Morgan fingerprint density at radius 3 is 2.47 bits per heavy atom. The number of amides is 3. The Hall–Kier alpha value is -2.26. The topological polar surface area (TPSA) is 104 Å². The molecule has 164 valence electrons. The number of hydrogen-bond donors (Lipinski definition) is 1. The minimum atomic E-state index is -3.67. The maximum absolute atomic E-state index is 13.0. The number of carbonyl (C=O) groups is 3. The highest BCUT2D eigenvalue weighted by molar-refractivity contribution is 7.89. The summed E-state index contributed by atoms with van der Waals surface area (Å²) in [5, 5.41) is 2.73. The monoisotopic (exact) mass is 435 g/mol. The van der Waals surface area contributed by atoms with Gasteiger partial charge in [0.2, 0.25) is 21.8 Å². The summed E-state index contributed by atoms with van der Waals surface area (Å²) < 4.78 is 27.4. The van der Waals surface area contributed by atoms with Gasteiger partial charge in [-0.3, -0.25) is 19.3 Å². The average molecular weight is 436 g/mol. The molecule has 1 saturated carbocycles. The minimum Gasteiger partial charge on any atom is -0.352 e. The first-order chi connectivity index (χ1) is 14.3. The molecule has 8 nitrogen and oxygen atoms in total. The van der Waals surface area contributed by atoms with E-state index in [9.17, 15) is 22.8 Å². The van der Waals surface area contributed by atoms with Crippen molar-refractivity contribution in [3.8, 4) is 0 Å². The van der Waals surface area contributed by atoms with Crippen LogP contribution in [-0.2, 0) is 19.6 Å². The summed E-state index contributed by atoms with van der Waals surface area (Å²) in [5.74, 6) is -0.732. The van der Waals surface area contributed by atoms with Crippen molar-refractivity contribution in [2.75, 3.05) is 20.1 Å². The fourth-order valence-electron chi connectivity index (χ4n) is 4.02. The van der Waals surface area contributed by atoms with E-state index in [4.69, 9.17) is 0 Å². The van der Waals surface area contributed by atoms with E-state index >= 15 is 0 Å². The van der Waals surface area contributed by atoms with Crippen LogP contribution in [0.5, 0.6) is 0 Å². The van der Waals surface area contributed by atoms with E-state index < -0.39 is 10.0 Å². The summed E-state index contributed by atoms with van der Waals surface area (Å²) in [6, 6.07) is 6.05. The number of likely N-dealkylation sites (tertiary alicyclic amines) is 1. The summed E-state index contributed by atoms with van der Waals surface area (Å²) >= 11 is 0. The maximum atomic E-state index is 13.0. The predicted molar refractivity (Wildman–Crippen MR) is 111 cm³/mol. The number of nitrogens with one attached hydrogen (secondary N) is 1. The van der Waals surface area contributed by atoms with Crippen LogP contribution >= 0.6 is 0 Å². The van der Waals surface area contributed by atoms with Crippen molar-refractivity contribution < 1.29 is 22.8 Å². The van der Waals surface area contributed by atoms with Gasteiger partial charge in [0, 0.05) is 44.6 Å². The van der Waals surface area contributed by atoms with Gasteiger partial charge >= 0.3 is 0 Å². The van der Waals surface area contributed by atoms with E-state index in [0.29, 0.717) is 6.42 Å². The highest BCUT2D eigenvalue weighted by atomic mass is 32.2. The Balaban J connectivity index is 1.58. The van der Waals surface area contributed by atoms with E-state index in [1.54, 1.807) is 19.2 Å². The first-order valence-electron chi connectivity index (χ1n) is 10.5. The standard InChI is InChI=1S/C21H29N3O5S/c1-23(17-8-3-2-4-9-17)30(28,29)18-10-5-7-16(15-18)21(27)22-13-6-14-24-19(25)11-12-20(24)26/h5,7,10,15,17H,2-4,6,8-9,11-14H2,1H3,(H,22,27). The summed E-state index contributed by atoms with van der Waals surface area (Å²) in [5.41, 5.74) is 0.265. The Kier molecular flexibility index (Phi) is 7.25. The summed E-state index contributed by atoms with van der Waals surface area (Å²) in [4.78, 5) is 37.0. The highest BCUT2D eigenvalue weighted by Gasteiger charge is 2.30. The zero-order valence-corrected chi connectivity index (χ0v) is 18.1. The van der Waals surface area contributed by atoms with Gasteiger partial charge in [0.15, 0.2) is 0 Å². The molecular formula is C21H29N3O5S. The van der Waals surface area contributed by atoms with Gasteiger partial charge in [0.1, 0.15) is 0 Å². The van der Waals surface area contributed by atoms with E-state index in [2.05, 4.69) is 5.32 Å². The number of imide groups is 1. The second-order valence-electron chi connectivity index (χ2n) is 7.89. The van der Waals surface area contributed by atoms with Gasteiger partial charge in [-0.25, -0.2) is 8.42 Å². The van der Waals surface area contributed by atoms with Gasteiger partial charge in [-0.2, -0.15) is 4.31 Å². The Morgan fingerprint density at radius 2 is 1.80 bits per heavy atom. The molecule has 3 rings (SSSR count). The van der Waals surface area contributed by atoms with Crippen molar-refractivity contribution in [3.63, 3.8) is 0 Å². The molecule has 1 aliphatic heterocycles. The van der Waals surface area contributed by atoms with E-state index in [0.717, 1.165) is 32.1 Å². The molecule has 1 N–H and O–H groups in total. The van der Waals surface area contributed by atoms with Gasteiger partial charge in [-0.05, 0) is 37.5 Å². The normalized spacial score (nSPS) is 18.3. The quantitative estimate of drug-likeness (QED) is 0.496. The van der Waals surface area contributed by atoms with Crippen LogP contribution in [0, 0.1) is 0 Å². The zero-order valence-electron chi connectivity index (χ0n) is 17.3. The van der Waals surface area contributed by atoms with Crippen molar-refractivity contribution in [2.45, 2.75) is 62.3 Å². The van der Waals surface area contributed by atoms with Crippen LogP contribution in [0.3, 0.4) is 0 Å². The van der Waals surface area contributed by atoms with Crippen molar-refractivity contribution in [2.24, 2.45) is 0 Å². The van der Waals surface area contributed by atoms with Crippen LogP contribution in [0.2, 0.25) is 0 Å². The lowest BCUT2D eigenvalue weighted by Crippen LogP contribution is -2.38. The molecule has 1 aromatic carbocycles. The van der Waals surface area contributed by atoms with Gasteiger partial charge < -0.3 is 5.32 Å². The number of nitrogens with zero attached hydrogens (tertiary/aromatic N) is 2. The van der Waals surface area contributed by atoms with Gasteiger partial charge in [-0.15, -0.1) is 0 Å². The number of sulfonamides is 1. The smallest absolute Gasteiger partial charge is 0.251 e. The van der Waals surface area contributed by atoms with Crippen LogP contribution in [0.4, 0.5) is 0 Å².